The highest BCUT2D eigenvalue weighted by molar-refractivity contribution is 6.34. The topological polar surface area (TPSA) is 94.5 Å². The third-order valence-corrected chi connectivity index (χ3v) is 6.47. The van der Waals surface area contributed by atoms with Gasteiger partial charge in [0.2, 0.25) is 0 Å². The van der Waals surface area contributed by atoms with Gasteiger partial charge in [0.05, 0.1) is 13.2 Å². The van der Waals surface area contributed by atoms with E-state index in [0.717, 1.165) is 17.2 Å². The normalized spacial score (nSPS) is 11.6. The van der Waals surface area contributed by atoms with Gasteiger partial charge in [0.1, 0.15) is 23.9 Å². The lowest BCUT2D eigenvalue weighted by Crippen LogP contribution is -2.37. The monoisotopic (exact) mass is 621 g/mol. The van der Waals surface area contributed by atoms with Crippen LogP contribution in [-0.2, 0) is 27.3 Å². The van der Waals surface area contributed by atoms with E-state index >= 15 is 0 Å². The summed E-state index contributed by atoms with van der Waals surface area (Å²) in [5, 5.41) is 10.4. The first-order valence-corrected chi connectivity index (χ1v) is 14.3. The Morgan fingerprint density at radius 1 is 0.905 bits per heavy atom. The van der Waals surface area contributed by atoms with Crippen molar-refractivity contribution in [3.63, 3.8) is 0 Å². The molecule has 3 aromatic carbocycles. The van der Waals surface area contributed by atoms with Crippen LogP contribution in [-0.4, -0.2) is 61.1 Å². The minimum Gasteiger partial charge on any atom is -0.492 e. The number of unbranched alkanes of at least 4 members (excludes halogenated alkanes) is 1. The van der Waals surface area contributed by atoms with E-state index in [0.29, 0.717) is 55.0 Å². The number of carbonyl (C=O) groups excluding carboxylic acids is 1. The van der Waals surface area contributed by atoms with Gasteiger partial charge >= 0.3 is 12.1 Å². The minimum absolute atomic E-state index is 0.108. The van der Waals surface area contributed by atoms with Crippen molar-refractivity contribution in [2.24, 2.45) is 0 Å². The summed E-state index contributed by atoms with van der Waals surface area (Å²) in [6.45, 7) is 3.66. The Morgan fingerprint density at radius 2 is 1.64 bits per heavy atom. The molecule has 11 heteroatoms. The van der Waals surface area contributed by atoms with Crippen molar-refractivity contribution in [3.8, 4) is 11.5 Å². The van der Waals surface area contributed by atoms with Crippen LogP contribution in [0.4, 0.5) is 9.18 Å². The lowest BCUT2D eigenvalue weighted by atomic mass is 10.1. The zero-order chi connectivity index (χ0) is 30.3. The van der Waals surface area contributed by atoms with E-state index in [2.05, 4.69) is 0 Å². The molecule has 1 amide bonds. The van der Waals surface area contributed by atoms with Gasteiger partial charge in [-0.2, -0.15) is 0 Å². The van der Waals surface area contributed by atoms with Crippen LogP contribution in [0.2, 0.25) is 10.0 Å². The van der Waals surface area contributed by atoms with Gasteiger partial charge in [0.15, 0.2) is 6.10 Å². The van der Waals surface area contributed by atoms with Crippen LogP contribution < -0.4 is 9.47 Å². The zero-order valence-electron chi connectivity index (χ0n) is 23.3. The van der Waals surface area contributed by atoms with Gasteiger partial charge in [0, 0.05) is 42.3 Å². The third kappa shape index (κ3) is 11.9. The molecule has 0 aliphatic heterocycles. The van der Waals surface area contributed by atoms with Crippen molar-refractivity contribution >= 4 is 35.3 Å². The summed E-state index contributed by atoms with van der Waals surface area (Å²) >= 11 is 12.1. The Hall–Kier alpha value is -3.37. The van der Waals surface area contributed by atoms with E-state index in [-0.39, 0.29) is 25.3 Å². The average Bonchev–Trinajstić information content (AvgIpc) is 2.94. The number of ether oxygens (including phenoxy) is 4. The van der Waals surface area contributed by atoms with E-state index < -0.39 is 24.0 Å². The number of carboxylic acid groups (broad SMARTS) is 1. The Morgan fingerprint density at radius 3 is 2.31 bits per heavy atom. The summed E-state index contributed by atoms with van der Waals surface area (Å²) in [4.78, 5) is 25.7. The van der Waals surface area contributed by atoms with Gasteiger partial charge < -0.3 is 29.0 Å². The molecule has 0 aliphatic rings. The Bertz CT molecular complexity index is 1270. The number of carboxylic acids is 1. The molecule has 3 rings (SSSR count). The standard InChI is InChI=1S/C31H34Cl2FNO7/c1-2-40-29(30(36)37)18-22-8-10-27(11-9-22)41-15-13-35(31(38)42-28-7-5-6-26(34)20-28)12-3-4-14-39-21-23-16-24(32)19-25(33)17-23/h5-11,16-17,19-20,29H,2-4,12-15,18,21H2,1H3,(H,36,37). The summed E-state index contributed by atoms with van der Waals surface area (Å²) in [5.74, 6) is -0.848. The van der Waals surface area contributed by atoms with E-state index in [1.807, 2.05) is 0 Å². The van der Waals surface area contributed by atoms with Crippen molar-refractivity contribution in [1.29, 1.82) is 0 Å². The second-order valence-corrected chi connectivity index (χ2v) is 10.2. The number of hydrogen-bond acceptors (Lipinski definition) is 6. The van der Waals surface area contributed by atoms with E-state index in [9.17, 15) is 19.1 Å². The van der Waals surface area contributed by atoms with Gasteiger partial charge in [-0.05, 0) is 73.4 Å². The zero-order valence-corrected chi connectivity index (χ0v) is 24.8. The van der Waals surface area contributed by atoms with E-state index in [1.165, 1.54) is 23.1 Å². The van der Waals surface area contributed by atoms with Crippen LogP contribution in [0.5, 0.6) is 11.5 Å². The first-order chi connectivity index (χ1) is 20.2. The average molecular weight is 623 g/mol. The second kappa shape index (κ2) is 17.6. The Balaban J connectivity index is 1.50. The number of halogens is 3. The predicted octanol–water partition coefficient (Wildman–Crippen LogP) is 7.04. The third-order valence-electron chi connectivity index (χ3n) is 6.03. The minimum atomic E-state index is -1.01. The van der Waals surface area contributed by atoms with Crippen LogP contribution in [0.1, 0.15) is 30.9 Å². The lowest BCUT2D eigenvalue weighted by Gasteiger charge is -2.22. The fourth-order valence-electron chi connectivity index (χ4n) is 4.01. The molecule has 1 unspecified atom stereocenters. The van der Waals surface area contributed by atoms with Crippen molar-refractivity contribution in [2.75, 3.05) is 32.9 Å². The molecule has 0 fully saturated rings. The van der Waals surface area contributed by atoms with Gasteiger partial charge in [0.25, 0.3) is 0 Å². The molecular formula is C31H34Cl2FNO7. The summed E-state index contributed by atoms with van der Waals surface area (Å²) in [5.41, 5.74) is 1.66. The number of hydrogen-bond donors (Lipinski definition) is 1. The number of benzene rings is 3. The molecule has 42 heavy (non-hydrogen) atoms. The van der Waals surface area contributed by atoms with Crippen molar-refractivity contribution in [2.45, 2.75) is 38.9 Å². The number of nitrogens with zero attached hydrogens (tertiary/aromatic N) is 1. The molecule has 0 bridgehead atoms. The molecule has 0 aromatic heterocycles. The van der Waals surface area contributed by atoms with Crippen LogP contribution in [0.3, 0.4) is 0 Å². The highest BCUT2D eigenvalue weighted by Crippen LogP contribution is 2.20. The van der Waals surface area contributed by atoms with Gasteiger partial charge in [-0.25, -0.2) is 14.0 Å². The van der Waals surface area contributed by atoms with Crippen molar-refractivity contribution in [1.82, 2.24) is 4.90 Å². The first-order valence-electron chi connectivity index (χ1n) is 13.5. The summed E-state index contributed by atoms with van der Waals surface area (Å²) in [7, 11) is 0. The molecule has 0 spiro atoms. The fraction of sp³-hybridized carbons (Fsp3) is 0.355. The van der Waals surface area contributed by atoms with Gasteiger partial charge in [-0.1, -0.05) is 41.4 Å². The molecule has 0 saturated heterocycles. The Labute approximate surface area is 254 Å². The largest absolute Gasteiger partial charge is 0.492 e. The molecular weight excluding hydrogens is 588 g/mol. The highest BCUT2D eigenvalue weighted by atomic mass is 35.5. The van der Waals surface area contributed by atoms with Crippen molar-refractivity contribution in [3.05, 3.63) is 93.7 Å². The summed E-state index contributed by atoms with van der Waals surface area (Å²) in [6, 6.07) is 17.6. The quantitative estimate of drug-likeness (QED) is 0.161. The van der Waals surface area contributed by atoms with Gasteiger partial charge in [-0.3, -0.25) is 0 Å². The molecule has 3 aromatic rings. The molecule has 8 nitrogen and oxygen atoms in total. The summed E-state index contributed by atoms with van der Waals surface area (Å²) in [6.07, 6.45) is 0.0114. The lowest BCUT2D eigenvalue weighted by molar-refractivity contribution is -0.149. The fourth-order valence-corrected chi connectivity index (χ4v) is 4.58. The Kier molecular flexibility index (Phi) is 13.8. The van der Waals surface area contributed by atoms with Crippen LogP contribution in [0.15, 0.2) is 66.7 Å². The van der Waals surface area contributed by atoms with E-state index in [4.69, 9.17) is 42.1 Å². The maximum atomic E-state index is 13.6. The van der Waals surface area contributed by atoms with E-state index in [1.54, 1.807) is 49.4 Å². The number of rotatable bonds is 17. The first kappa shape index (κ1) is 33.1. The SMILES string of the molecule is CCOC(Cc1ccc(OCCN(CCCCOCc2cc(Cl)cc(Cl)c2)C(=O)Oc2cccc(F)c2)cc1)C(=O)O. The number of amides is 1. The number of carbonyl (C=O) groups is 2. The van der Waals surface area contributed by atoms with Crippen LogP contribution in [0, 0.1) is 5.82 Å². The van der Waals surface area contributed by atoms with Gasteiger partial charge in [-0.15, -0.1) is 0 Å². The summed E-state index contributed by atoms with van der Waals surface area (Å²) < 4.78 is 35.8. The van der Waals surface area contributed by atoms with Crippen LogP contribution >= 0.6 is 23.2 Å². The molecule has 0 heterocycles. The molecule has 226 valence electrons. The molecule has 1 atom stereocenters. The molecule has 0 radical (unpaired) electrons. The second-order valence-electron chi connectivity index (χ2n) is 9.33. The number of aliphatic carboxylic acids is 1. The molecule has 1 N–H and O–H groups in total. The highest BCUT2D eigenvalue weighted by Gasteiger charge is 2.18. The molecule has 0 aliphatic carbocycles. The maximum absolute atomic E-state index is 13.6. The smallest absolute Gasteiger partial charge is 0.415 e. The predicted molar refractivity (Wildman–Crippen MR) is 158 cm³/mol. The molecule has 0 saturated carbocycles. The van der Waals surface area contributed by atoms with Crippen molar-refractivity contribution < 1.29 is 38.0 Å². The maximum Gasteiger partial charge on any atom is 0.415 e. The van der Waals surface area contributed by atoms with Crippen LogP contribution in [0.25, 0.3) is 0 Å².